The van der Waals surface area contributed by atoms with Crippen molar-refractivity contribution in [2.45, 2.75) is 5.16 Å². The van der Waals surface area contributed by atoms with E-state index in [1.807, 2.05) is 30.5 Å². The molecular weight excluding hydrogens is 296 g/mol. The van der Waals surface area contributed by atoms with Crippen LogP contribution in [-0.4, -0.2) is 33.1 Å². The van der Waals surface area contributed by atoms with E-state index in [0.29, 0.717) is 16.0 Å². The Hall–Kier alpha value is -1.79. The minimum atomic E-state index is 0.411. The molecule has 20 heavy (non-hydrogen) atoms. The van der Waals surface area contributed by atoms with Gasteiger partial charge in [0.05, 0.1) is 24.4 Å². The van der Waals surface area contributed by atoms with Crippen molar-refractivity contribution in [2.75, 3.05) is 13.4 Å². The maximum absolute atomic E-state index is 6.16. The SMILES string of the molecule is COc1cccc(-n2ncc3c(Cl)nc(SC)nc32)c1. The van der Waals surface area contributed by atoms with Crippen LogP contribution in [0.15, 0.2) is 35.6 Å². The molecule has 0 fully saturated rings. The second-order valence-corrected chi connectivity index (χ2v) is 5.13. The fourth-order valence-electron chi connectivity index (χ4n) is 1.88. The Morgan fingerprint density at radius 2 is 2.15 bits per heavy atom. The maximum atomic E-state index is 6.16. The number of hydrogen-bond acceptors (Lipinski definition) is 5. The van der Waals surface area contributed by atoms with Crippen molar-refractivity contribution in [2.24, 2.45) is 0 Å². The van der Waals surface area contributed by atoms with Gasteiger partial charge in [-0.05, 0) is 18.4 Å². The van der Waals surface area contributed by atoms with E-state index in [2.05, 4.69) is 15.1 Å². The van der Waals surface area contributed by atoms with Gasteiger partial charge in [-0.15, -0.1) is 0 Å². The fraction of sp³-hybridized carbons (Fsp3) is 0.154. The molecule has 2 heterocycles. The van der Waals surface area contributed by atoms with Crippen molar-refractivity contribution in [3.8, 4) is 11.4 Å². The first-order chi connectivity index (χ1) is 9.72. The number of benzene rings is 1. The normalized spacial score (nSPS) is 10.9. The second kappa shape index (κ2) is 5.30. The van der Waals surface area contributed by atoms with Gasteiger partial charge in [-0.25, -0.2) is 14.6 Å². The Kier molecular flexibility index (Phi) is 3.50. The molecule has 102 valence electrons. The van der Waals surface area contributed by atoms with E-state index < -0.39 is 0 Å². The molecule has 3 rings (SSSR count). The van der Waals surface area contributed by atoms with E-state index in [1.54, 1.807) is 18.0 Å². The van der Waals surface area contributed by atoms with Gasteiger partial charge in [0, 0.05) is 6.07 Å². The van der Waals surface area contributed by atoms with E-state index in [9.17, 15) is 0 Å². The van der Waals surface area contributed by atoms with Crippen LogP contribution in [0, 0.1) is 0 Å². The first-order valence-corrected chi connectivity index (χ1v) is 7.43. The lowest BCUT2D eigenvalue weighted by atomic mass is 10.3. The van der Waals surface area contributed by atoms with Crippen LogP contribution in [0.2, 0.25) is 5.15 Å². The molecule has 0 aliphatic heterocycles. The predicted octanol–water partition coefficient (Wildman–Crippen LogP) is 3.20. The van der Waals surface area contributed by atoms with Gasteiger partial charge in [0.25, 0.3) is 0 Å². The minimum Gasteiger partial charge on any atom is -0.497 e. The van der Waals surface area contributed by atoms with Gasteiger partial charge >= 0.3 is 0 Å². The van der Waals surface area contributed by atoms with E-state index >= 15 is 0 Å². The van der Waals surface area contributed by atoms with Gasteiger partial charge in [-0.2, -0.15) is 5.10 Å². The largest absolute Gasteiger partial charge is 0.497 e. The number of halogens is 1. The van der Waals surface area contributed by atoms with Crippen LogP contribution >= 0.6 is 23.4 Å². The molecule has 0 atom stereocenters. The van der Waals surface area contributed by atoms with Gasteiger partial charge in [-0.1, -0.05) is 29.4 Å². The zero-order chi connectivity index (χ0) is 14.1. The van der Waals surface area contributed by atoms with Crippen LogP contribution in [0.4, 0.5) is 0 Å². The zero-order valence-corrected chi connectivity index (χ0v) is 12.4. The third-order valence-corrected chi connectivity index (χ3v) is 3.68. The average Bonchev–Trinajstić information content (AvgIpc) is 2.91. The number of thioether (sulfide) groups is 1. The van der Waals surface area contributed by atoms with Gasteiger partial charge in [-0.3, -0.25) is 0 Å². The van der Waals surface area contributed by atoms with Crippen LogP contribution in [0.5, 0.6) is 5.75 Å². The average molecular weight is 307 g/mol. The first kappa shape index (κ1) is 13.2. The van der Waals surface area contributed by atoms with Crippen molar-refractivity contribution in [1.29, 1.82) is 0 Å². The minimum absolute atomic E-state index is 0.411. The van der Waals surface area contributed by atoms with Gasteiger partial charge < -0.3 is 4.74 Å². The molecule has 0 aliphatic carbocycles. The Morgan fingerprint density at radius 1 is 1.30 bits per heavy atom. The third kappa shape index (κ3) is 2.21. The number of rotatable bonds is 3. The topological polar surface area (TPSA) is 52.8 Å². The molecule has 2 aromatic heterocycles. The van der Waals surface area contributed by atoms with E-state index in [1.165, 1.54) is 11.8 Å². The Bertz CT molecular complexity index is 774. The molecule has 7 heteroatoms. The smallest absolute Gasteiger partial charge is 0.190 e. The summed E-state index contributed by atoms with van der Waals surface area (Å²) in [6.45, 7) is 0. The number of fused-ring (bicyclic) bond motifs is 1. The van der Waals surface area contributed by atoms with Crippen molar-refractivity contribution in [1.82, 2.24) is 19.7 Å². The van der Waals surface area contributed by atoms with Crippen molar-refractivity contribution in [3.63, 3.8) is 0 Å². The maximum Gasteiger partial charge on any atom is 0.190 e. The third-order valence-electron chi connectivity index (χ3n) is 2.84. The lowest BCUT2D eigenvalue weighted by Crippen LogP contribution is -1.99. The monoisotopic (exact) mass is 306 g/mol. The molecule has 3 aromatic rings. The standard InChI is InChI=1S/C13H11ClN4OS/c1-19-9-5-3-4-8(6-9)18-12-10(7-15-18)11(14)16-13(17-12)20-2/h3-7H,1-2H3. The summed E-state index contributed by atoms with van der Waals surface area (Å²) in [7, 11) is 1.63. The lowest BCUT2D eigenvalue weighted by molar-refractivity contribution is 0.414. The molecule has 0 spiro atoms. The molecule has 5 nitrogen and oxygen atoms in total. The summed E-state index contributed by atoms with van der Waals surface area (Å²) in [6.07, 6.45) is 3.57. The van der Waals surface area contributed by atoms with Crippen molar-refractivity contribution in [3.05, 3.63) is 35.6 Å². The van der Waals surface area contributed by atoms with Crippen molar-refractivity contribution >= 4 is 34.4 Å². The van der Waals surface area contributed by atoms with E-state index in [4.69, 9.17) is 16.3 Å². The molecule has 0 N–H and O–H groups in total. The number of ether oxygens (including phenoxy) is 1. The molecular formula is C13H11ClN4OS. The molecule has 0 saturated carbocycles. The molecule has 0 aliphatic rings. The highest BCUT2D eigenvalue weighted by Gasteiger charge is 2.12. The Labute approximate surface area is 124 Å². The van der Waals surface area contributed by atoms with Crippen LogP contribution in [0.1, 0.15) is 0 Å². The van der Waals surface area contributed by atoms with Gasteiger partial charge in [0.1, 0.15) is 10.9 Å². The van der Waals surface area contributed by atoms with Gasteiger partial charge in [0.15, 0.2) is 10.8 Å². The van der Waals surface area contributed by atoms with E-state index in [0.717, 1.165) is 16.8 Å². The number of aromatic nitrogens is 4. The Morgan fingerprint density at radius 3 is 2.90 bits per heavy atom. The summed E-state index contributed by atoms with van der Waals surface area (Å²) in [5.74, 6) is 0.761. The summed E-state index contributed by atoms with van der Waals surface area (Å²) < 4.78 is 6.96. The van der Waals surface area contributed by atoms with E-state index in [-0.39, 0.29) is 0 Å². The molecule has 1 aromatic carbocycles. The molecule has 0 unspecified atom stereocenters. The summed E-state index contributed by atoms with van der Waals surface area (Å²) in [5.41, 5.74) is 1.55. The molecule has 0 radical (unpaired) electrons. The van der Waals surface area contributed by atoms with Crippen LogP contribution in [0.25, 0.3) is 16.7 Å². The van der Waals surface area contributed by atoms with Crippen LogP contribution < -0.4 is 4.74 Å². The second-order valence-electron chi connectivity index (χ2n) is 4.00. The van der Waals surface area contributed by atoms with Crippen molar-refractivity contribution < 1.29 is 4.74 Å². The summed E-state index contributed by atoms with van der Waals surface area (Å²) in [5, 5.41) is 6.10. The first-order valence-electron chi connectivity index (χ1n) is 5.82. The number of nitrogens with zero attached hydrogens (tertiary/aromatic N) is 4. The quantitative estimate of drug-likeness (QED) is 0.422. The highest BCUT2D eigenvalue weighted by atomic mass is 35.5. The fourth-order valence-corrected chi connectivity index (χ4v) is 2.50. The molecule has 0 bridgehead atoms. The van der Waals surface area contributed by atoms with Crippen LogP contribution in [0.3, 0.4) is 0 Å². The lowest BCUT2D eigenvalue weighted by Gasteiger charge is -2.06. The highest BCUT2D eigenvalue weighted by molar-refractivity contribution is 7.98. The zero-order valence-electron chi connectivity index (χ0n) is 10.9. The number of methoxy groups -OCH3 is 1. The Balaban J connectivity index is 2.23. The van der Waals surface area contributed by atoms with Gasteiger partial charge in [0.2, 0.25) is 0 Å². The highest BCUT2D eigenvalue weighted by Crippen LogP contribution is 2.26. The summed E-state index contributed by atoms with van der Waals surface area (Å²) in [6, 6.07) is 7.61. The number of hydrogen-bond donors (Lipinski definition) is 0. The molecule has 0 amide bonds. The summed E-state index contributed by atoms with van der Waals surface area (Å²) >= 11 is 7.60. The van der Waals surface area contributed by atoms with Crippen LogP contribution in [-0.2, 0) is 0 Å². The summed E-state index contributed by atoms with van der Waals surface area (Å²) in [4.78, 5) is 8.67. The molecule has 0 saturated heterocycles. The predicted molar refractivity (Wildman–Crippen MR) is 80.0 cm³/mol.